The summed E-state index contributed by atoms with van der Waals surface area (Å²) in [6, 6.07) is 20.5. The Balaban J connectivity index is 1.49. The minimum atomic E-state index is -0.0244. The average molecular weight is 471 g/mol. The molecule has 35 heavy (non-hydrogen) atoms. The first-order chi connectivity index (χ1) is 16.9. The second-order valence-electron chi connectivity index (χ2n) is 9.57. The molecule has 1 aromatic heterocycles. The molecule has 0 spiro atoms. The van der Waals surface area contributed by atoms with E-state index in [4.69, 9.17) is 10.7 Å². The highest BCUT2D eigenvalue weighted by Gasteiger charge is 2.23. The molecule has 1 fully saturated rings. The number of hydrogen-bond acceptors (Lipinski definition) is 4. The van der Waals surface area contributed by atoms with Gasteiger partial charge in [-0.05, 0) is 55.7 Å². The Morgan fingerprint density at radius 3 is 2.31 bits per heavy atom. The highest BCUT2D eigenvalue weighted by atomic mass is 16.2. The summed E-state index contributed by atoms with van der Waals surface area (Å²) in [6.07, 6.45) is 5.95. The summed E-state index contributed by atoms with van der Waals surface area (Å²) >= 11 is 0. The highest BCUT2D eigenvalue weighted by Crippen LogP contribution is 2.33. The lowest BCUT2D eigenvalue weighted by atomic mass is 9.84. The third kappa shape index (κ3) is 6.55. The summed E-state index contributed by atoms with van der Waals surface area (Å²) in [5, 5.41) is 6.05. The average Bonchev–Trinajstić information content (AvgIpc) is 2.85. The fraction of sp³-hybridized carbons (Fsp3) is 0.345. The van der Waals surface area contributed by atoms with Crippen LogP contribution in [-0.2, 0) is 9.59 Å². The van der Waals surface area contributed by atoms with E-state index in [2.05, 4.69) is 22.8 Å². The number of carbonyl (C=O) groups excluding carboxylic acids is 2. The smallest absolute Gasteiger partial charge is 0.224 e. The van der Waals surface area contributed by atoms with Gasteiger partial charge in [0.05, 0.1) is 17.6 Å². The molecule has 2 amide bonds. The van der Waals surface area contributed by atoms with Gasteiger partial charge in [0.25, 0.3) is 0 Å². The van der Waals surface area contributed by atoms with Crippen LogP contribution >= 0.6 is 0 Å². The predicted octanol–water partition coefficient (Wildman–Crippen LogP) is 5.46. The van der Waals surface area contributed by atoms with E-state index in [0.717, 1.165) is 53.6 Å². The van der Waals surface area contributed by atoms with E-state index in [9.17, 15) is 9.59 Å². The molecule has 4 rings (SSSR count). The largest absolute Gasteiger partial charge is 0.354 e. The second kappa shape index (κ2) is 11.3. The molecule has 1 atom stereocenters. The van der Waals surface area contributed by atoms with Crippen molar-refractivity contribution in [3.8, 4) is 22.4 Å². The van der Waals surface area contributed by atoms with Gasteiger partial charge in [-0.3, -0.25) is 14.6 Å². The number of hydrogen-bond donors (Lipinski definition) is 3. The van der Waals surface area contributed by atoms with Crippen molar-refractivity contribution < 1.29 is 9.59 Å². The summed E-state index contributed by atoms with van der Waals surface area (Å²) in [5.74, 6) is 0.355. The molecule has 6 nitrogen and oxygen atoms in total. The van der Waals surface area contributed by atoms with Crippen LogP contribution in [0.3, 0.4) is 0 Å². The third-order valence-corrected chi connectivity index (χ3v) is 6.69. The Hall–Kier alpha value is -3.51. The quantitative estimate of drug-likeness (QED) is 0.427. The number of amides is 2. The number of anilines is 1. The molecule has 1 unspecified atom stereocenters. The van der Waals surface area contributed by atoms with Gasteiger partial charge in [-0.1, -0.05) is 54.6 Å². The van der Waals surface area contributed by atoms with Gasteiger partial charge in [0.1, 0.15) is 0 Å². The summed E-state index contributed by atoms with van der Waals surface area (Å²) in [7, 11) is 0. The van der Waals surface area contributed by atoms with Crippen LogP contribution in [-0.4, -0.2) is 22.8 Å². The number of aromatic nitrogens is 1. The Morgan fingerprint density at radius 2 is 1.69 bits per heavy atom. The molecule has 1 saturated carbocycles. The molecule has 1 aliphatic carbocycles. The minimum Gasteiger partial charge on any atom is -0.354 e. The highest BCUT2D eigenvalue weighted by molar-refractivity contribution is 5.93. The zero-order valence-electron chi connectivity index (χ0n) is 20.5. The van der Waals surface area contributed by atoms with Crippen molar-refractivity contribution in [2.45, 2.75) is 58.0 Å². The molecule has 0 saturated heterocycles. The number of pyridine rings is 1. The van der Waals surface area contributed by atoms with Gasteiger partial charge in [-0.15, -0.1) is 0 Å². The standard InChI is InChI=1S/C29H34N4O2/c1-19(30)22-10-12-24(13-11-22)29-27(23-6-4-3-5-7-23)17-26(18-31-29)33-28(35)16-21-8-14-25(15-9-21)32-20(2)34/h3-7,10-13,17-19,21,25H,8-9,14-16,30H2,1-2H3,(H,32,34)(H,33,35). The Kier molecular flexibility index (Phi) is 7.93. The number of nitrogens with zero attached hydrogens (tertiary/aromatic N) is 1. The Bertz CT molecular complexity index is 1150. The zero-order valence-corrected chi connectivity index (χ0v) is 20.5. The van der Waals surface area contributed by atoms with Gasteiger partial charge in [-0.2, -0.15) is 0 Å². The minimum absolute atomic E-state index is 0.00262. The number of benzene rings is 2. The van der Waals surface area contributed by atoms with Crippen LogP contribution in [0.5, 0.6) is 0 Å². The molecule has 0 bridgehead atoms. The van der Waals surface area contributed by atoms with Crippen molar-refractivity contribution in [2.24, 2.45) is 11.7 Å². The normalized spacial score (nSPS) is 18.5. The molecule has 2 aromatic carbocycles. The van der Waals surface area contributed by atoms with Crippen LogP contribution in [0.2, 0.25) is 0 Å². The topological polar surface area (TPSA) is 97.1 Å². The van der Waals surface area contributed by atoms with Crippen LogP contribution in [0.4, 0.5) is 5.69 Å². The maximum Gasteiger partial charge on any atom is 0.224 e. The van der Waals surface area contributed by atoms with Gasteiger partial charge < -0.3 is 16.4 Å². The molecule has 6 heteroatoms. The van der Waals surface area contributed by atoms with Crippen LogP contribution in [0, 0.1) is 5.92 Å². The van der Waals surface area contributed by atoms with Crippen LogP contribution in [0.25, 0.3) is 22.4 Å². The number of rotatable bonds is 7. The van der Waals surface area contributed by atoms with Crippen molar-refractivity contribution in [3.63, 3.8) is 0 Å². The fourth-order valence-corrected chi connectivity index (χ4v) is 4.82. The van der Waals surface area contributed by atoms with E-state index in [1.54, 1.807) is 13.1 Å². The molecular formula is C29H34N4O2. The lowest BCUT2D eigenvalue weighted by Crippen LogP contribution is -2.36. The summed E-state index contributed by atoms with van der Waals surface area (Å²) in [6.45, 7) is 3.52. The Labute approximate surface area is 207 Å². The fourth-order valence-electron chi connectivity index (χ4n) is 4.82. The van der Waals surface area contributed by atoms with Gasteiger partial charge in [-0.25, -0.2) is 0 Å². The summed E-state index contributed by atoms with van der Waals surface area (Å²) < 4.78 is 0. The SMILES string of the molecule is CC(=O)NC1CCC(CC(=O)Nc2cnc(-c3ccc(C(C)N)cc3)c(-c3ccccc3)c2)CC1. The summed E-state index contributed by atoms with van der Waals surface area (Å²) in [5.41, 5.74) is 11.6. The first-order valence-corrected chi connectivity index (χ1v) is 12.4. The van der Waals surface area contributed by atoms with E-state index in [1.807, 2.05) is 55.5 Å². The third-order valence-electron chi connectivity index (χ3n) is 6.69. The van der Waals surface area contributed by atoms with E-state index in [1.165, 1.54) is 0 Å². The number of nitrogens with two attached hydrogens (primary N) is 1. The molecule has 1 aliphatic rings. The van der Waals surface area contributed by atoms with Gasteiger partial charge in [0, 0.05) is 36.6 Å². The van der Waals surface area contributed by atoms with Crippen molar-refractivity contribution in [3.05, 3.63) is 72.4 Å². The van der Waals surface area contributed by atoms with Gasteiger partial charge in [0.2, 0.25) is 11.8 Å². The number of carbonyl (C=O) groups is 2. The molecule has 0 radical (unpaired) electrons. The molecule has 1 heterocycles. The van der Waals surface area contributed by atoms with E-state index in [-0.39, 0.29) is 23.9 Å². The maximum atomic E-state index is 12.8. The van der Waals surface area contributed by atoms with E-state index >= 15 is 0 Å². The van der Waals surface area contributed by atoms with Crippen LogP contribution in [0.1, 0.15) is 57.6 Å². The van der Waals surface area contributed by atoms with Crippen molar-refractivity contribution in [2.75, 3.05) is 5.32 Å². The van der Waals surface area contributed by atoms with Crippen LogP contribution in [0.15, 0.2) is 66.9 Å². The molecule has 3 aromatic rings. The number of nitrogens with one attached hydrogen (secondary N) is 2. The van der Waals surface area contributed by atoms with Gasteiger partial charge in [0.15, 0.2) is 0 Å². The first kappa shape index (κ1) is 24.6. The Morgan fingerprint density at radius 1 is 1.00 bits per heavy atom. The van der Waals surface area contributed by atoms with E-state index in [0.29, 0.717) is 18.0 Å². The van der Waals surface area contributed by atoms with Crippen molar-refractivity contribution >= 4 is 17.5 Å². The molecule has 182 valence electrons. The molecule has 4 N–H and O–H groups in total. The van der Waals surface area contributed by atoms with Crippen molar-refractivity contribution in [1.82, 2.24) is 10.3 Å². The zero-order chi connectivity index (χ0) is 24.8. The van der Waals surface area contributed by atoms with Gasteiger partial charge >= 0.3 is 0 Å². The lowest BCUT2D eigenvalue weighted by molar-refractivity contribution is -0.120. The first-order valence-electron chi connectivity index (χ1n) is 12.4. The second-order valence-corrected chi connectivity index (χ2v) is 9.57. The van der Waals surface area contributed by atoms with Crippen LogP contribution < -0.4 is 16.4 Å². The van der Waals surface area contributed by atoms with Crippen molar-refractivity contribution in [1.29, 1.82) is 0 Å². The predicted molar refractivity (Wildman–Crippen MR) is 141 cm³/mol. The lowest BCUT2D eigenvalue weighted by Gasteiger charge is -2.28. The maximum absolute atomic E-state index is 12.8. The molecule has 0 aliphatic heterocycles. The van der Waals surface area contributed by atoms with E-state index < -0.39 is 0 Å². The monoisotopic (exact) mass is 470 g/mol. The molecular weight excluding hydrogens is 436 g/mol. The summed E-state index contributed by atoms with van der Waals surface area (Å²) in [4.78, 5) is 28.8.